The van der Waals surface area contributed by atoms with E-state index >= 15 is 0 Å². The van der Waals surface area contributed by atoms with Crippen molar-refractivity contribution in [3.63, 3.8) is 0 Å². The summed E-state index contributed by atoms with van der Waals surface area (Å²) < 4.78 is 6.27. The van der Waals surface area contributed by atoms with Crippen LogP contribution in [0.25, 0.3) is 10.2 Å². The number of rotatable bonds is 3. The van der Waals surface area contributed by atoms with Crippen LogP contribution in [0.4, 0.5) is 5.13 Å². The number of carbonyl (C=O) groups excluding carboxylic acids is 1. The lowest BCUT2D eigenvalue weighted by Crippen LogP contribution is -2.20. The summed E-state index contributed by atoms with van der Waals surface area (Å²) in [6.45, 7) is 5.93. The number of esters is 1. The summed E-state index contributed by atoms with van der Waals surface area (Å²) in [5, 5.41) is 0.506. The number of ether oxygens (including phenoxy) is 1. The highest BCUT2D eigenvalue weighted by molar-refractivity contribution is 7.22. The minimum Gasteiger partial charge on any atom is -0.459 e. The lowest BCUT2D eigenvalue weighted by molar-refractivity contribution is 0.0238. The number of hydrogen-bond donors (Lipinski definition) is 1. The van der Waals surface area contributed by atoms with Gasteiger partial charge in [0.05, 0.1) is 15.8 Å². The maximum Gasteiger partial charge on any atom is 0.338 e. The number of benzene rings is 1. The van der Waals surface area contributed by atoms with Crippen LogP contribution < -0.4 is 5.73 Å². The van der Waals surface area contributed by atoms with Crippen molar-refractivity contribution in [2.24, 2.45) is 5.92 Å². The molecule has 1 aromatic heterocycles. The van der Waals surface area contributed by atoms with Crippen LogP contribution in [0.2, 0.25) is 0 Å². The molecule has 0 aliphatic heterocycles. The Balaban J connectivity index is 2.22. The predicted molar refractivity (Wildman–Crippen MR) is 73.7 cm³/mol. The monoisotopic (exact) mass is 264 g/mol. The number of nitrogens with zero attached hydrogens (tertiary/aromatic N) is 1. The molecule has 0 saturated carbocycles. The third-order valence-corrected chi connectivity index (χ3v) is 3.72. The van der Waals surface area contributed by atoms with Crippen molar-refractivity contribution in [2.45, 2.75) is 26.9 Å². The van der Waals surface area contributed by atoms with E-state index in [0.29, 0.717) is 16.6 Å². The van der Waals surface area contributed by atoms with Gasteiger partial charge in [-0.15, -0.1) is 0 Å². The molecule has 0 aliphatic rings. The second-order valence-electron chi connectivity index (χ2n) is 4.59. The fraction of sp³-hybridized carbons (Fsp3) is 0.385. The van der Waals surface area contributed by atoms with Gasteiger partial charge in [0.15, 0.2) is 5.13 Å². The van der Waals surface area contributed by atoms with Gasteiger partial charge >= 0.3 is 5.97 Å². The lowest BCUT2D eigenvalue weighted by Gasteiger charge is -2.16. The van der Waals surface area contributed by atoms with Crippen molar-refractivity contribution >= 4 is 32.7 Å². The van der Waals surface area contributed by atoms with Crippen molar-refractivity contribution in [2.75, 3.05) is 5.73 Å². The molecule has 5 heteroatoms. The molecule has 0 saturated heterocycles. The Bertz CT molecular complexity index is 577. The van der Waals surface area contributed by atoms with Gasteiger partial charge in [-0.3, -0.25) is 0 Å². The molecule has 0 bridgehead atoms. The van der Waals surface area contributed by atoms with Crippen molar-refractivity contribution in [1.29, 1.82) is 0 Å². The number of hydrogen-bond acceptors (Lipinski definition) is 5. The van der Waals surface area contributed by atoms with E-state index in [-0.39, 0.29) is 12.1 Å². The molecule has 0 spiro atoms. The molecule has 1 aromatic carbocycles. The van der Waals surface area contributed by atoms with E-state index in [1.165, 1.54) is 11.3 Å². The van der Waals surface area contributed by atoms with Crippen LogP contribution >= 0.6 is 11.3 Å². The summed E-state index contributed by atoms with van der Waals surface area (Å²) in [6.07, 6.45) is -0.0975. The third-order valence-electron chi connectivity index (χ3n) is 2.87. The molecule has 0 radical (unpaired) electrons. The van der Waals surface area contributed by atoms with Gasteiger partial charge in [-0.05, 0) is 31.0 Å². The lowest BCUT2D eigenvalue weighted by atomic mass is 10.1. The Morgan fingerprint density at radius 1 is 1.39 bits per heavy atom. The Kier molecular flexibility index (Phi) is 3.52. The summed E-state index contributed by atoms with van der Waals surface area (Å²) in [7, 11) is 0. The molecule has 2 aromatic rings. The van der Waals surface area contributed by atoms with E-state index in [1.54, 1.807) is 18.2 Å². The first kappa shape index (κ1) is 12.8. The van der Waals surface area contributed by atoms with E-state index in [0.717, 1.165) is 10.2 Å². The average molecular weight is 264 g/mol. The van der Waals surface area contributed by atoms with Crippen LogP contribution in [0.15, 0.2) is 18.2 Å². The largest absolute Gasteiger partial charge is 0.459 e. The van der Waals surface area contributed by atoms with Crippen LogP contribution in [-0.4, -0.2) is 17.1 Å². The molecule has 18 heavy (non-hydrogen) atoms. The minimum absolute atomic E-state index is 0.0975. The Morgan fingerprint density at radius 3 is 2.78 bits per heavy atom. The molecule has 4 nitrogen and oxygen atoms in total. The fourth-order valence-corrected chi connectivity index (χ4v) is 2.22. The summed E-state index contributed by atoms with van der Waals surface area (Å²) in [4.78, 5) is 16.1. The summed E-state index contributed by atoms with van der Waals surface area (Å²) in [6, 6.07) is 5.29. The molecular weight excluding hydrogens is 248 g/mol. The maximum absolute atomic E-state index is 11.9. The third kappa shape index (κ3) is 2.61. The number of nitrogen functional groups attached to an aromatic ring is 1. The maximum atomic E-state index is 11.9. The Labute approximate surface area is 110 Å². The normalized spacial score (nSPS) is 12.9. The molecule has 2 rings (SSSR count). The van der Waals surface area contributed by atoms with E-state index in [9.17, 15) is 4.79 Å². The SMILES string of the molecule is CC(C)C(C)OC(=O)c1ccc2nc(N)sc2c1. The van der Waals surface area contributed by atoms with Crippen molar-refractivity contribution < 1.29 is 9.53 Å². The van der Waals surface area contributed by atoms with Crippen molar-refractivity contribution in [1.82, 2.24) is 4.98 Å². The number of anilines is 1. The fourth-order valence-electron chi connectivity index (χ4n) is 1.44. The molecule has 0 amide bonds. The van der Waals surface area contributed by atoms with E-state index in [1.807, 2.05) is 20.8 Å². The Hall–Kier alpha value is -1.62. The first-order valence-corrected chi connectivity index (χ1v) is 6.66. The van der Waals surface area contributed by atoms with Gasteiger partial charge in [0.1, 0.15) is 6.10 Å². The van der Waals surface area contributed by atoms with Crippen LogP contribution in [0.3, 0.4) is 0 Å². The Morgan fingerprint density at radius 2 is 2.11 bits per heavy atom. The molecule has 1 atom stereocenters. The molecule has 0 fully saturated rings. The van der Waals surface area contributed by atoms with Crippen molar-refractivity contribution in [3.05, 3.63) is 23.8 Å². The second-order valence-corrected chi connectivity index (χ2v) is 5.65. The van der Waals surface area contributed by atoms with E-state index in [2.05, 4.69) is 4.98 Å². The molecule has 1 heterocycles. The standard InChI is InChI=1S/C13H16N2O2S/c1-7(2)8(3)17-12(16)9-4-5-10-11(6-9)18-13(14)15-10/h4-8H,1-3H3,(H2,14,15). The van der Waals surface area contributed by atoms with Crippen molar-refractivity contribution in [3.8, 4) is 0 Å². The first-order chi connectivity index (χ1) is 8.47. The zero-order valence-corrected chi connectivity index (χ0v) is 11.5. The van der Waals surface area contributed by atoms with E-state index in [4.69, 9.17) is 10.5 Å². The topological polar surface area (TPSA) is 65.2 Å². The van der Waals surface area contributed by atoms with Gasteiger partial charge in [0.2, 0.25) is 0 Å². The minimum atomic E-state index is -0.301. The predicted octanol–water partition coefficient (Wildman–Crippen LogP) is 3.08. The smallest absolute Gasteiger partial charge is 0.338 e. The highest BCUT2D eigenvalue weighted by atomic mass is 32.1. The summed E-state index contributed by atoms with van der Waals surface area (Å²) in [5.74, 6) is 0.00167. The van der Waals surface area contributed by atoms with E-state index < -0.39 is 0 Å². The molecule has 2 N–H and O–H groups in total. The number of fused-ring (bicyclic) bond motifs is 1. The number of thiazole rings is 1. The average Bonchev–Trinajstić information content (AvgIpc) is 2.67. The quantitative estimate of drug-likeness (QED) is 0.865. The van der Waals surface area contributed by atoms with Gasteiger partial charge < -0.3 is 10.5 Å². The molecule has 1 unspecified atom stereocenters. The van der Waals surface area contributed by atoms with Crippen LogP contribution in [0, 0.1) is 5.92 Å². The van der Waals surface area contributed by atoms with Gasteiger partial charge in [-0.25, -0.2) is 9.78 Å². The zero-order chi connectivity index (χ0) is 13.3. The van der Waals surface area contributed by atoms with Gasteiger partial charge in [0.25, 0.3) is 0 Å². The number of carbonyl (C=O) groups is 1. The van der Waals surface area contributed by atoms with Gasteiger partial charge in [0, 0.05) is 0 Å². The van der Waals surface area contributed by atoms with Crippen LogP contribution in [0.1, 0.15) is 31.1 Å². The first-order valence-electron chi connectivity index (χ1n) is 5.84. The molecule has 0 aliphatic carbocycles. The molecule has 96 valence electrons. The highest BCUT2D eigenvalue weighted by Crippen LogP contribution is 2.25. The summed E-state index contributed by atoms with van der Waals surface area (Å²) in [5.41, 5.74) is 6.98. The second kappa shape index (κ2) is 4.94. The zero-order valence-electron chi connectivity index (χ0n) is 10.6. The van der Waals surface area contributed by atoms with Gasteiger partial charge in [-0.1, -0.05) is 25.2 Å². The van der Waals surface area contributed by atoms with Crippen LogP contribution in [-0.2, 0) is 4.74 Å². The van der Waals surface area contributed by atoms with Gasteiger partial charge in [-0.2, -0.15) is 0 Å². The number of aromatic nitrogens is 1. The summed E-state index contributed by atoms with van der Waals surface area (Å²) >= 11 is 1.37. The van der Waals surface area contributed by atoms with Crippen LogP contribution in [0.5, 0.6) is 0 Å². The molecular formula is C13H16N2O2S. The highest BCUT2D eigenvalue weighted by Gasteiger charge is 2.15. The number of nitrogens with two attached hydrogens (primary N) is 1.